The number of hydrogen-bond donors (Lipinski definition) is 2. The van der Waals surface area contributed by atoms with Crippen LogP contribution in [0.2, 0.25) is 5.02 Å². The smallest absolute Gasteiger partial charge is 0.320 e. The molecule has 2 rings (SSSR count). The molecule has 0 heterocycles. The Bertz CT molecular complexity index is 752. The molecule has 1 unspecified atom stereocenters. The van der Waals surface area contributed by atoms with E-state index >= 15 is 0 Å². The van der Waals surface area contributed by atoms with E-state index in [0.717, 1.165) is 5.56 Å². The molecular weight excluding hydrogens is 357 g/mol. The van der Waals surface area contributed by atoms with Crippen molar-refractivity contribution < 1.29 is 19.0 Å². The highest BCUT2D eigenvalue weighted by atomic mass is 35.5. The molecule has 2 N–H and O–H groups in total. The van der Waals surface area contributed by atoms with Gasteiger partial charge in [-0.25, -0.2) is 4.39 Å². The van der Waals surface area contributed by atoms with Gasteiger partial charge in [0.25, 0.3) is 0 Å². The van der Waals surface area contributed by atoms with Crippen LogP contribution in [0.3, 0.4) is 0 Å². The molecule has 0 saturated carbocycles. The third-order valence-electron chi connectivity index (χ3n) is 3.92. The average Bonchev–Trinajstić information content (AvgIpc) is 2.58. The molecule has 0 bridgehead atoms. The Kier molecular flexibility index (Phi) is 7.42. The van der Waals surface area contributed by atoms with Crippen LogP contribution in [0.25, 0.3) is 0 Å². The minimum atomic E-state index is -0.866. The average molecular weight is 380 g/mol. The molecule has 2 aromatic carbocycles. The van der Waals surface area contributed by atoms with Crippen LogP contribution in [-0.4, -0.2) is 17.1 Å². The number of hydrogen-bond acceptors (Lipinski definition) is 3. The third kappa shape index (κ3) is 6.00. The van der Waals surface area contributed by atoms with Gasteiger partial charge in [-0.3, -0.25) is 4.79 Å². The summed E-state index contributed by atoms with van der Waals surface area (Å²) in [6, 6.07) is 10.9. The van der Waals surface area contributed by atoms with Crippen molar-refractivity contribution in [1.29, 1.82) is 0 Å². The maximum absolute atomic E-state index is 13.1. The van der Waals surface area contributed by atoms with Gasteiger partial charge < -0.3 is 15.2 Å². The van der Waals surface area contributed by atoms with Crippen LogP contribution in [0.5, 0.6) is 5.75 Å². The van der Waals surface area contributed by atoms with Gasteiger partial charge in [0, 0.05) is 17.7 Å². The topological polar surface area (TPSA) is 58.6 Å². The number of aliphatic carboxylic acids is 1. The van der Waals surface area contributed by atoms with Crippen LogP contribution >= 0.6 is 11.6 Å². The van der Waals surface area contributed by atoms with Gasteiger partial charge in [-0.05, 0) is 30.5 Å². The zero-order valence-corrected chi connectivity index (χ0v) is 15.6. The van der Waals surface area contributed by atoms with Crippen molar-refractivity contribution in [3.8, 4) is 5.75 Å². The van der Waals surface area contributed by atoms with E-state index < -0.39 is 17.8 Å². The summed E-state index contributed by atoms with van der Waals surface area (Å²) in [5.74, 6) is -0.354. The Morgan fingerprint density at radius 2 is 1.96 bits per heavy atom. The SMILES string of the molecule is CC(C)CC(NCc1ccccc1OCc1ccc(F)cc1Cl)C(=O)O. The number of benzene rings is 2. The monoisotopic (exact) mass is 379 g/mol. The number of para-hydroxylation sites is 1. The van der Waals surface area contributed by atoms with E-state index in [1.165, 1.54) is 12.1 Å². The second-order valence-corrected chi connectivity index (χ2v) is 6.94. The van der Waals surface area contributed by atoms with Crippen LogP contribution in [0.4, 0.5) is 4.39 Å². The molecule has 1 atom stereocenters. The highest BCUT2D eigenvalue weighted by Gasteiger charge is 2.18. The maximum atomic E-state index is 13.1. The number of carboxylic acid groups (broad SMARTS) is 1. The summed E-state index contributed by atoms with van der Waals surface area (Å²) >= 11 is 6.02. The van der Waals surface area contributed by atoms with E-state index in [0.29, 0.717) is 29.3 Å². The Morgan fingerprint density at radius 1 is 1.23 bits per heavy atom. The lowest BCUT2D eigenvalue weighted by Crippen LogP contribution is -2.37. The lowest BCUT2D eigenvalue weighted by molar-refractivity contribution is -0.140. The van der Waals surface area contributed by atoms with Crippen molar-refractivity contribution in [1.82, 2.24) is 5.32 Å². The van der Waals surface area contributed by atoms with E-state index in [2.05, 4.69) is 5.32 Å². The molecule has 0 radical (unpaired) electrons. The lowest BCUT2D eigenvalue weighted by Gasteiger charge is -2.18. The van der Waals surface area contributed by atoms with Crippen LogP contribution in [-0.2, 0) is 17.9 Å². The van der Waals surface area contributed by atoms with Crippen molar-refractivity contribution in [2.75, 3.05) is 0 Å². The van der Waals surface area contributed by atoms with E-state index in [1.54, 1.807) is 6.07 Å². The highest BCUT2D eigenvalue weighted by molar-refractivity contribution is 6.31. The van der Waals surface area contributed by atoms with Crippen molar-refractivity contribution in [2.24, 2.45) is 5.92 Å². The normalized spacial score (nSPS) is 12.2. The van der Waals surface area contributed by atoms with Crippen molar-refractivity contribution in [3.05, 3.63) is 64.4 Å². The summed E-state index contributed by atoms with van der Waals surface area (Å²) in [5, 5.41) is 12.7. The molecule has 0 fully saturated rings. The van der Waals surface area contributed by atoms with Crippen molar-refractivity contribution in [3.63, 3.8) is 0 Å². The third-order valence-corrected chi connectivity index (χ3v) is 4.27. The zero-order chi connectivity index (χ0) is 19.1. The second-order valence-electron chi connectivity index (χ2n) is 6.53. The number of ether oxygens (including phenoxy) is 1. The Hall–Kier alpha value is -2.11. The molecule has 0 spiro atoms. The first-order valence-corrected chi connectivity index (χ1v) is 8.85. The first-order chi connectivity index (χ1) is 12.4. The molecule has 140 valence electrons. The molecule has 0 aliphatic heterocycles. The number of nitrogens with one attached hydrogen (secondary N) is 1. The summed E-state index contributed by atoms with van der Waals surface area (Å²) in [5.41, 5.74) is 1.53. The minimum Gasteiger partial charge on any atom is -0.489 e. The van der Waals surface area contributed by atoms with E-state index in [1.807, 2.05) is 38.1 Å². The molecular formula is C20H23ClFNO3. The van der Waals surface area contributed by atoms with Gasteiger partial charge in [0.15, 0.2) is 0 Å². The minimum absolute atomic E-state index is 0.199. The number of carboxylic acids is 1. The molecule has 26 heavy (non-hydrogen) atoms. The molecule has 6 heteroatoms. The molecule has 0 aromatic heterocycles. The largest absolute Gasteiger partial charge is 0.489 e. The van der Waals surface area contributed by atoms with Gasteiger partial charge in [-0.1, -0.05) is 49.7 Å². The molecule has 0 aliphatic rings. The summed E-state index contributed by atoms with van der Waals surface area (Å²) in [6.07, 6.45) is 0.545. The quantitative estimate of drug-likeness (QED) is 0.666. The summed E-state index contributed by atoms with van der Waals surface area (Å²) < 4.78 is 18.9. The summed E-state index contributed by atoms with van der Waals surface area (Å²) in [4.78, 5) is 11.4. The van der Waals surface area contributed by atoms with Gasteiger partial charge >= 0.3 is 5.97 Å². The van der Waals surface area contributed by atoms with Crippen LogP contribution in [0, 0.1) is 11.7 Å². The summed E-state index contributed by atoms with van der Waals surface area (Å²) in [7, 11) is 0. The van der Waals surface area contributed by atoms with Gasteiger partial charge in [0.1, 0.15) is 24.2 Å². The Balaban J connectivity index is 2.03. The predicted octanol–water partition coefficient (Wildman–Crippen LogP) is 4.65. The lowest BCUT2D eigenvalue weighted by atomic mass is 10.0. The van der Waals surface area contributed by atoms with E-state index in [9.17, 15) is 14.3 Å². The van der Waals surface area contributed by atoms with Crippen LogP contribution < -0.4 is 10.1 Å². The predicted molar refractivity (Wildman–Crippen MR) is 99.9 cm³/mol. The van der Waals surface area contributed by atoms with Crippen molar-refractivity contribution >= 4 is 17.6 Å². The van der Waals surface area contributed by atoms with Crippen LogP contribution in [0.15, 0.2) is 42.5 Å². The van der Waals surface area contributed by atoms with Crippen molar-refractivity contribution in [2.45, 2.75) is 39.5 Å². The van der Waals surface area contributed by atoms with Gasteiger partial charge in [-0.15, -0.1) is 0 Å². The fourth-order valence-corrected chi connectivity index (χ4v) is 2.78. The molecule has 4 nitrogen and oxygen atoms in total. The first kappa shape index (κ1) is 20.2. The fraction of sp³-hybridized carbons (Fsp3) is 0.350. The zero-order valence-electron chi connectivity index (χ0n) is 14.8. The number of halogens is 2. The van der Waals surface area contributed by atoms with Gasteiger partial charge in [-0.2, -0.15) is 0 Å². The maximum Gasteiger partial charge on any atom is 0.320 e. The highest BCUT2D eigenvalue weighted by Crippen LogP contribution is 2.23. The summed E-state index contributed by atoms with van der Waals surface area (Å²) in [6.45, 7) is 4.55. The number of rotatable bonds is 9. The standard InChI is InChI=1S/C20H23ClFNO3/c1-13(2)9-18(20(24)25)23-11-14-5-3-4-6-19(14)26-12-15-7-8-16(22)10-17(15)21/h3-8,10,13,18,23H,9,11-12H2,1-2H3,(H,24,25). The van der Waals surface area contributed by atoms with E-state index in [4.69, 9.17) is 16.3 Å². The van der Waals surface area contributed by atoms with Gasteiger partial charge in [0.05, 0.1) is 5.02 Å². The molecule has 2 aromatic rings. The molecule has 0 aliphatic carbocycles. The first-order valence-electron chi connectivity index (χ1n) is 8.47. The second kappa shape index (κ2) is 9.55. The fourth-order valence-electron chi connectivity index (χ4n) is 2.56. The molecule has 0 amide bonds. The molecule has 0 saturated heterocycles. The van der Waals surface area contributed by atoms with Gasteiger partial charge in [0.2, 0.25) is 0 Å². The van der Waals surface area contributed by atoms with E-state index in [-0.39, 0.29) is 12.5 Å². The Labute approximate surface area is 157 Å². The number of carbonyl (C=O) groups is 1. The van der Waals surface area contributed by atoms with Crippen LogP contribution in [0.1, 0.15) is 31.4 Å². The Morgan fingerprint density at radius 3 is 2.62 bits per heavy atom.